The Balaban J connectivity index is 0.865. The lowest BCUT2D eigenvalue weighted by atomic mass is 10.1. The number of nitrogens with zero attached hydrogens (tertiary/aromatic N) is 8. The summed E-state index contributed by atoms with van der Waals surface area (Å²) in [5, 5.41) is 15.0. The molecule has 0 spiro atoms. The van der Waals surface area contributed by atoms with Crippen LogP contribution >= 0.6 is 46.7 Å². The van der Waals surface area contributed by atoms with E-state index >= 15 is 0 Å². The SMILES string of the molecule is Cc1nc(SCCC2CCN(OC(=O)C(=O)ON3CCC(CCSc4nc(C)n(-c5cccc(Cl)c5)n4)C3)C2)nn1-c1cccc(Cl)c1. The molecule has 2 unspecified atom stereocenters. The van der Waals surface area contributed by atoms with E-state index in [4.69, 9.17) is 32.9 Å². The summed E-state index contributed by atoms with van der Waals surface area (Å²) in [6.07, 6.45) is 3.55. The molecule has 2 aliphatic rings. The predicted octanol–water partition coefficient (Wildman–Crippen LogP) is 6.00. The zero-order chi connectivity index (χ0) is 33.6. The van der Waals surface area contributed by atoms with Crippen LogP contribution in [0.15, 0.2) is 58.8 Å². The van der Waals surface area contributed by atoms with Crippen LogP contribution in [-0.4, -0.2) is 89.3 Å². The topological polar surface area (TPSA) is 120 Å². The van der Waals surface area contributed by atoms with Crippen LogP contribution in [0.2, 0.25) is 10.0 Å². The van der Waals surface area contributed by atoms with Gasteiger partial charge in [0.25, 0.3) is 0 Å². The number of carbonyl (C=O) groups is 2. The van der Waals surface area contributed by atoms with Gasteiger partial charge in [0.1, 0.15) is 11.6 Å². The second kappa shape index (κ2) is 16.0. The number of rotatable bonds is 12. The van der Waals surface area contributed by atoms with Gasteiger partial charge in [0.2, 0.25) is 10.3 Å². The molecule has 2 aromatic carbocycles. The minimum atomic E-state index is -0.994. The maximum Gasteiger partial charge on any atom is 0.438 e. The monoisotopic (exact) mass is 730 g/mol. The number of carbonyl (C=O) groups excluding carboxylic acids is 2. The van der Waals surface area contributed by atoms with Crippen LogP contribution in [0.25, 0.3) is 11.4 Å². The van der Waals surface area contributed by atoms with Crippen molar-refractivity contribution >= 4 is 58.7 Å². The maximum absolute atomic E-state index is 12.5. The highest BCUT2D eigenvalue weighted by molar-refractivity contribution is 7.99. The average Bonchev–Trinajstić information content (AvgIpc) is 3.85. The van der Waals surface area contributed by atoms with Crippen molar-refractivity contribution in [3.05, 3.63) is 70.2 Å². The second-order valence-corrected chi connectivity index (χ2v) is 14.8. The van der Waals surface area contributed by atoms with Crippen LogP contribution in [0, 0.1) is 25.7 Å². The lowest BCUT2D eigenvalue weighted by Gasteiger charge is -2.17. The normalized spacial score (nSPS) is 18.4. The van der Waals surface area contributed by atoms with Crippen molar-refractivity contribution in [1.82, 2.24) is 39.7 Å². The third-order valence-electron chi connectivity index (χ3n) is 8.21. The van der Waals surface area contributed by atoms with Crippen molar-refractivity contribution < 1.29 is 19.3 Å². The Morgan fingerprint density at radius 2 is 1.19 bits per heavy atom. The Morgan fingerprint density at radius 1 is 0.750 bits per heavy atom. The molecule has 0 saturated carbocycles. The van der Waals surface area contributed by atoms with Gasteiger partial charge in [0.05, 0.1) is 11.4 Å². The summed E-state index contributed by atoms with van der Waals surface area (Å²) in [6, 6.07) is 15.0. The van der Waals surface area contributed by atoms with Gasteiger partial charge in [-0.2, -0.15) is 0 Å². The van der Waals surface area contributed by atoms with Crippen LogP contribution < -0.4 is 0 Å². The first-order valence-corrected chi connectivity index (χ1v) is 18.5. The summed E-state index contributed by atoms with van der Waals surface area (Å²) in [5.41, 5.74) is 1.74. The van der Waals surface area contributed by atoms with Crippen molar-refractivity contribution in [2.45, 2.75) is 49.8 Å². The molecule has 2 saturated heterocycles. The van der Waals surface area contributed by atoms with Crippen molar-refractivity contribution in [2.75, 3.05) is 37.7 Å². The van der Waals surface area contributed by atoms with Crippen LogP contribution in [0.5, 0.6) is 0 Å². The van der Waals surface area contributed by atoms with Gasteiger partial charge in [-0.3, -0.25) is 0 Å². The molecule has 4 aromatic rings. The van der Waals surface area contributed by atoms with E-state index in [0.29, 0.717) is 58.4 Å². The lowest BCUT2D eigenvalue weighted by Crippen LogP contribution is -2.34. The average molecular weight is 732 g/mol. The zero-order valence-corrected chi connectivity index (χ0v) is 29.8. The zero-order valence-electron chi connectivity index (χ0n) is 26.6. The first kappa shape index (κ1) is 34.7. The van der Waals surface area contributed by atoms with E-state index in [-0.39, 0.29) is 0 Å². The van der Waals surface area contributed by atoms with E-state index in [1.54, 1.807) is 43.0 Å². The molecule has 0 bridgehead atoms. The summed E-state index contributed by atoms with van der Waals surface area (Å²) in [5.74, 6) is 1.90. The number of hydrogen-bond donors (Lipinski definition) is 0. The minimum Gasteiger partial charge on any atom is -0.359 e. The van der Waals surface area contributed by atoms with E-state index in [1.165, 1.54) is 0 Å². The first-order valence-electron chi connectivity index (χ1n) is 15.8. The fourth-order valence-corrected chi connectivity index (χ4v) is 8.04. The Hall–Kier alpha value is -3.14. The second-order valence-electron chi connectivity index (χ2n) is 11.8. The van der Waals surface area contributed by atoms with Crippen molar-refractivity contribution in [3.63, 3.8) is 0 Å². The fraction of sp³-hybridized carbons (Fsp3) is 0.438. The van der Waals surface area contributed by atoms with Gasteiger partial charge in [-0.25, -0.2) is 28.9 Å². The number of hydroxylamine groups is 4. The van der Waals surface area contributed by atoms with Gasteiger partial charge < -0.3 is 9.68 Å². The number of aromatic nitrogens is 6. The van der Waals surface area contributed by atoms with Gasteiger partial charge in [0, 0.05) is 47.7 Å². The summed E-state index contributed by atoms with van der Waals surface area (Å²) in [7, 11) is 0. The van der Waals surface area contributed by atoms with Crippen molar-refractivity contribution in [2.24, 2.45) is 11.8 Å². The molecule has 2 aliphatic heterocycles. The van der Waals surface area contributed by atoms with Crippen LogP contribution in [-0.2, 0) is 19.3 Å². The summed E-state index contributed by atoms with van der Waals surface area (Å²) >= 11 is 15.4. The number of thioether (sulfide) groups is 2. The van der Waals surface area contributed by atoms with E-state index in [0.717, 1.165) is 60.2 Å². The molecule has 254 valence electrons. The molecule has 2 aromatic heterocycles. The van der Waals surface area contributed by atoms with Crippen LogP contribution in [0.3, 0.4) is 0 Å². The first-order chi connectivity index (χ1) is 23.2. The molecule has 4 heterocycles. The van der Waals surface area contributed by atoms with E-state index < -0.39 is 11.9 Å². The minimum absolute atomic E-state index is 0.333. The Bertz CT molecular complexity index is 1630. The van der Waals surface area contributed by atoms with Gasteiger partial charge in [-0.15, -0.1) is 20.3 Å². The largest absolute Gasteiger partial charge is 0.438 e. The van der Waals surface area contributed by atoms with Crippen molar-refractivity contribution in [3.8, 4) is 11.4 Å². The number of halogens is 2. The molecule has 2 fully saturated rings. The van der Waals surface area contributed by atoms with Gasteiger partial charge in [-0.05, 0) is 87.8 Å². The third-order valence-corrected chi connectivity index (χ3v) is 10.4. The number of aryl methyl sites for hydroxylation is 2. The van der Waals surface area contributed by atoms with Gasteiger partial charge in [0.15, 0.2) is 0 Å². The highest BCUT2D eigenvalue weighted by atomic mass is 35.5. The smallest absolute Gasteiger partial charge is 0.359 e. The van der Waals surface area contributed by atoms with Crippen LogP contribution in [0.4, 0.5) is 0 Å². The molecular weight excluding hydrogens is 695 g/mol. The molecule has 16 heteroatoms. The number of hydrogen-bond acceptors (Lipinski definition) is 12. The summed E-state index contributed by atoms with van der Waals surface area (Å²) < 4.78 is 3.57. The lowest BCUT2D eigenvalue weighted by molar-refractivity contribution is -0.213. The van der Waals surface area contributed by atoms with Crippen LogP contribution in [0.1, 0.15) is 37.3 Å². The van der Waals surface area contributed by atoms with Gasteiger partial charge in [-0.1, -0.05) is 58.9 Å². The highest BCUT2D eigenvalue weighted by Gasteiger charge is 2.32. The van der Waals surface area contributed by atoms with E-state index in [9.17, 15) is 9.59 Å². The molecule has 0 amide bonds. The van der Waals surface area contributed by atoms with Gasteiger partial charge >= 0.3 is 11.9 Å². The Morgan fingerprint density at radius 3 is 1.60 bits per heavy atom. The molecule has 2 atom stereocenters. The van der Waals surface area contributed by atoms with E-state index in [2.05, 4.69) is 20.2 Å². The molecule has 0 N–H and O–H groups in total. The summed E-state index contributed by atoms with van der Waals surface area (Å²) in [4.78, 5) is 44.9. The molecule has 0 radical (unpaired) electrons. The quantitative estimate of drug-likeness (QED) is 0.126. The molecular formula is C32H36Cl2N8O4S2. The molecule has 12 nitrogen and oxygen atoms in total. The molecule has 0 aliphatic carbocycles. The Kier molecular flexibility index (Phi) is 11.6. The summed E-state index contributed by atoms with van der Waals surface area (Å²) in [6.45, 7) is 6.11. The Labute approximate surface area is 297 Å². The van der Waals surface area contributed by atoms with Crippen molar-refractivity contribution in [1.29, 1.82) is 0 Å². The fourth-order valence-electron chi connectivity index (χ4n) is 5.73. The molecule has 48 heavy (non-hydrogen) atoms. The third kappa shape index (κ3) is 9.10. The predicted molar refractivity (Wildman–Crippen MR) is 184 cm³/mol. The maximum atomic E-state index is 12.5. The standard InChI is InChI=1S/C32H36Cl2N8O4S2/c1-21-35-31(37-41(21)27-7-3-5-25(33)17-27)47-15-11-23-9-13-39(19-23)45-29(43)30(44)46-40-14-10-24(20-40)12-16-48-32-36-22(2)42(38-32)28-8-4-6-26(34)18-28/h3-8,17-18,23-24H,9-16,19-20H2,1-2H3. The highest BCUT2D eigenvalue weighted by Crippen LogP contribution is 2.27. The number of benzene rings is 2. The molecule has 6 rings (SSSR count). The van der Waals surface area contributed by atoms with E-state index in [1.807, 2.05) is 62.4 Å².